The molecule has 1 aromatic carbocycles. The van der Waals surface area contributed by atoms with Crippen LogP contribution in [0.1, 0.15) is 44.1 Å². The molecular formula is C18H22N2O3S. The van der Waals surface area contributed by atoms with E-state index >= 15 is 0 Å². The van der Waals surface area contributed by atoms with Crippen LogP contribution < -0.4 is 20.1 Å². The van der Waals surface area contributed by atoms with Crippen molar-refractivity contribution in [1.29, 1.82) is 0 Å². The molecule has 3 rings (SSSR count). The van der Waals surface area contributed by atoms with Gasteiger partial charge < -0.3 is 14.8 Å². The molecule has 0 radical (unpaired) electrons. The van der Waals surface area contributed by atoms with E-state index in [2.05, 4.69) is 10.6 Å². The lowest BCUT2D eigenvalue weighted by atomic mass is 10.1. The van der Waals surface area contributed by atoms with Gasteiger partial charge in [-0.3, -0.25) is 10.1 Å². The molecule has 1 fully saturated rings. The Bertz CT molecular complexity index is 637. The Labute approximate surface area is 147 Å². The van der Waals surface area contributed by atoms with E-state index in [1.807, 2.05) is 18.2 Å². The fourth-order valence-corrected chi connectivity index (χ4v) is 3.25. The summed E-state index contributed by atoms with van der Waals surface area (Å²) < 4.78 is 10.6. The van der Waals surface area contributed by atoms with Crippen LogP contribution in [-0.2, 0) is 4.79 Å². The summed E-state index contributed by atoms with van der Waals surface area (Å²) in [6.07, 6.45) is 10.4. The monoisotopic (exact) mass is 346 g/mol. The predicted molar refractivity (Wildman–Crippen MR) is 97.0 cm³/mol. The van der Waals surface area contributed by atoms with E-state index in [0.717, 1.165) is 24.2 Å². The van der Waals surface area contributed by atoms with Gasteiger partial charge in [0.15, 0.2) is 16.6 Å². The molecule has 1 aliphatic heterocycles. The molecule has 2 aliphatic rings. The van der Waals surface area contributed by atoms with Crippen LogP contribution in [0.2, 0.25) is 0 Å². The van der Waals surface area contributed by atoms with E-state index in [0.29, 0.717) is 16.9 Å². The zero-order valence-electron chi connectivity index (χ0n) is 13.5. The summed E-state index contributed by atoms with van der Waals surface area (Å²) in [5.74, 6) is 1.19. The first kappa shape index (κ1) is 16.8. The van der Waals surface area contributed by atoms with Crippen molar-refractivity contribution in [3.8, 4) is 11.5 Å². The number of fused-ring (bicyclic) bond motifs is 1. The highest BCUT2D eigenvalue weighted by molar-refractivity contribution is 7.80. The summed E-state index contributed by atoms with van der Waals surface area (Å²) >= 11 is 5.24. The molecule has 1 aliphatic carbocycles. The lowest BCUT2D eigenvalue weighted by molar-refractivity contribution is -0.115. The Balaban J connectivity index is 1.48. The molecule has 0 bridgehead atoms. The normalized spacial score (nSPS) is 17.5. The molecule has 1 saturated carbocycles. The summed E-state index contributed by atoms with van der Waals surface area (Å²) in [4.78, 5) is 12.0. The van der Waals surface area contributed by atoms with Crippen LogP contribution in [0, 0.1) is 0 Å². The molecule has 0 aromatic heterocycles. The third-order valence-electron chi connectivity index (χ3n) is 4.25. The number of amides is 1. The third kappa shape index (κ3) is 4.71. The fourth-order valence-electron chi connectivity index (χ4n) is 2.99. The Morgan fingerprint density at radius 3 is 2.67 bits per heavy atom. The summed E-state index contributed by atoms with van der Waals surface area (Å²) in [5.41, 5.74) is 0.872. The Hall–Kier alpha value is -2.08. The number of carbonyl (C=O) groups excluding carboxylic acids is 1. The lowest BCUT2D eigenvalue weighted by Crippen LogP contribution is -2.43. The van der Waals surface area contributed by atoms with E-state index in [1.165, 1.54) is 31.8 Å². The number of hydrogen-bond acceptors (Lipinski definition) is 4. The SMILES string of the molecule is O=C(/C=C/c1ccc2c(c1)OCO2)NC(=S)NC1CCCCCC1. The molecule has 2 N–H and O–H groups in total. The maximum atomic E-state index is 12.0. The van der Waals surface area contributed by atoms with Gasteiger partial charge in [0, 0.05) is 12.1 Å². The molecule has 5 nitrogen and oxygen atoms in total. The number of carbonyl (C=O) groups is 1. The van der Waals surface area contributed by atoms with Crippen molar-refractivity contribution in [3.63, 3.8) is 0 Å². The number of nitrogens with one attached hydrogen (secondary N) is 2. The molecule has 0 saturated heterocycles. The fraction of sp³-hybridized carbons (Fsp3) is 0.444. The molecule has 0 atom stereocenters. The van der Waals surface area contributed by atoms with Gasteiger partial charge in [0.2, 0.25) is 12.7 Å². The van der Waals surface area contributed by atoms with Gasteiger partial charge in [0.1, 0.15) is 0 Å². The minimum absolute atomic E-state index is 0.237. The molecule has 1 heterocycles. The average Bonchev–Trinajstić information content (AvgIpc) is 2.89. The summed E-state index contributed by atoms with van der Waals surface area (Å²) in [6, 6.07) is 5.92. The van der Waals surface area contributed by atoms with Crippen molar-refractivity contribution >= 4 is 29.3 Å². The first-order valence-corrected chi connectivity index (χ1v) is 8.81. The van der Waals surface area contributed by atoms with Crippen LogP contribution in [0.3, 0.4) is 0 Å². The number of hydrogen-bond donors (Lipinski definition) is 2. The largest absolute Gasteiger partial charge is 0.454 e. The molecule has 6 heteroatoms. The molecular weight excluding hydrogens is 324 g/mol. The summed E-state index contributed by atoms with van der Waals surface area (Å²) in [7, 11) is 0. The second-order valence-corrected chi connectivity index (χ2v) is 6.51. The maximum Gasteiger partial charge on any atom is 0.250 e. The first-order valence-electron chi connectivity index (χ1n) is 8.40. The zero-order chi connectivity index (χ0) is 16.8. The highest BCUT2D eigenvalue weighted by Crippen LogP contribution is 2.32. The van der Waals surface area contributed by atoms with E-state index in [-0.39, 0.29) is 12.7 Å². The third-order valence-corrected chi connectivity index (χ3v) is 4.47. The molecule has 0 spiro atoms. The zero-order valence-corrected chi connectivity index (χ0v) is 14.4. The standard InChI is InChI=1S/C18H22N2O3S/c21-17(20-18(24)19-14-5-3-1-2-4-6-14)10-8-13-7-9-15-16(11-13)23-12-22-15/h7-11,14H,1-6,12H2,(H2,19,20,21,24)/b10-8+. The van der Waals surface area contributed by atoms with Gasteiger partial charge in [0.05, 0.1) is 0 Å². The van der Waals surface area contributed by atoms with E-state index in [1.54, 1.807) is 6.08 Å². The topological polar surface area (TPSA) is 59.6 Å². The summed E-state index contributed by atoms with van der Waals surface area (Å²) in [6.45, 7) is 0.240. The minimum Gasteiger partial charge on any atom is -0.454 e. The van der Waals surface area contributed by atoms with Gasteiger partial charge in [-0.1, -0.05) is 31.7 Å². The Morgan fingerprint density at radius 2 is 1.88 bits per heavy atom. The predicted octanol–water partition coefficient (Wildman–Crippen LogP) is 3.14. The van der Waals surface area contributed by atoms with Gasteiger partial charge in [-0.05, 0) is 48.8 Å². The van der Waals surface area contributed by atoms with Crippen LogP contribution in [0.4, 0.5) is 0 Å². The van der Waals surface area contributed by atoms with Crippen molar-refractivity contribution in [2.75, 3.05) is 6.79 Å². The van der Waals surface area contributed by atoms with Crippen LogP contribution in [0.5, 0.6) is 11.5 Å². The molecule has 1 amide bonds. The van der Waals surface area contributed by atoms with Crippen molar-refractivity contribution in [1.82, 2.24) is 10.6 Å². The highest BCUT2D eigenvalue weighted by Gasteiger charge is 2.14. The number of rotatable bonds is 3. The lowest BCUT2D eigenvalue weighted by Gasteiger charge is -2.17. The van der Waals surface area contributed by atoms with E-state index in [9.17, 15) is 4.79 Å². The Morgan fingerprint density at radius 1 is 1.12 bits per heavy atom. The van der Waals surface area contributed by atoms with Crippen molar-refractivity contribution in [3.05, 3.63) is 29.8 Å². The molecule has 128 valence electrons. The van der Waals surface area contributed by atoms with Crippen LogP contribution in [-0.4, -0.2) is 23.9 Å². The van der Waals surface area contributed by atoms with Gasteiger partial charge in [-0.2, -0.15) is 0 Å². The van der Waals surface area contributed by atoms with Crippen LogP contribution >= 0.6 is 12.2 Å². The van der Waals surface area contributed by atoms with Gasteiger partial charge in [-0.15, -0.1) is 0 Å². The highest BCUT2D eigenvalue weighted by atomic mass is 32.1. The molecule has 0 unspecified atom stereocenters. The van der Waals surface area contributed by atoms with Crippen molar-refractivity contribution in [2.45, 2.75) is 44.6 Å². The van der Waals surface area contributed by atoms with E-state index < -0.39 is 0 Å². The first-order chi connectivity index (χ1) is 11.7. The maximum absolute atomic E-state index is 12.0. The minimum atomic E-state index is -0.237. The van der Waals surface area contributed by atoms with Crippen molar-refractivity contribution < 1.29 is 14.3 Å². The number of benzene rings is 1. The second-order valence-electron chi connectivity index (χ2n) is 6.10. The second kappa shape index (κ2) is 8.15. The van der Waals surface area contributed by atoms with Gasteiger partial charge >= 0.3 is 0 Å². The average molecular weight is 346 g/mol. The quantitative estimate of drug-likeness (QED) is 0.500. The van der Waals surface area contributed by atoms with Crippen LogP contribution in [0.25, 0.3) is 6.08 Å². The summed E-state index contributed by atoms with van der Waals surface area (Å²) in [5, 5.41) is 6.36. The van der Waals surface area contributed by atoms with Crippen LogP contribution in [0.15, 0.2) is 24.3 Å². The Kier molecular flexibility index (Phi) is 5.69. The molecule has 1 aromatic rings. The smallest absolute Gasteiger partial charge is 0.250 e. The van der Waals surface area contributed by atoms with Crippen molar-refractivity contribution in [2.24, 2.45) is 0 Å². The molecule has 24 heavy (non-hydrogen) atoms. The number of thiocarbonyl (C=S) groups is 1. The van der Waals surface area contributed by atoms with Gasteiger partial charge in [-0.25, -0.2) is 0 Å². The van der Waals surface area contributed by atoms with Gasteiger partial charge in [0.25, 0.3) is 0 Å². The number of ether oxygens (including phenoxy) is 2. The van der Waals surface area contributed by atoms with E-state index in [4.69, 9.17) is 21.7 Å².